The second-order valence-corrected chi connectivity index (χ2v) is 10.6. The summed E-state index contributed by atoms with van der Waals surface area (Å²) in [7, 11) is 0. The van der Waals surface area contributed by atoms with Crippen molar-refractivity contribution in [3.8, 4) is 33.4 Å². The standard InChI is InChI=1S/C42H33N/c1-31(36-21-12-23-38(28-36)33-15-6-3-7-16-33)27-42(41-26-14-25-40(30-41)35-19-10-5-11-20-35)43-32(2)37-22-13-24-39(29-37)34-17-8-4-9-18-34/h3-30H,2H2,1H3/b31-27+,43-42?. The molecule has 6 aromatic rings. The van der Waals surface area contributed by atoms with E-state index in [9.17, 15) is 0 Å². The maximum Gasteiger partial charge on any atom is 0.0712 e. The van der Waals surface area contributed by atoms with E-state index in [0.29, 0.717) is 0 Å². The minimum atomic E-state index is 0.722. The summed E-state index contributed by atoms with van der Waals surface area (Å²) in [5.74, 6) is 0. The molecule has 6 aromatic carbocycles. The molecule has 6 rings (SSSR count). The zero-order chi connectivity index (χ0) is 29.4. The molecule has 1 heteroatoms. The van der Waals surface area contributed by atoms with Crippen LogP contribution in [0.15, 0.2) is 181 Å². The Balaban J connectivity index is 1.42. The zero-order valence-corrected chi connectivity index (χ0v) is 24.3. The van der Waals surface area contributed by atoms with Gasteiger partial charge in [-0.25, -0.2) is 4.99 Å². The largest absolute Gasteiger partial charge is 0.248 e. The SMILES string of the molecule is C=C(N=C(/C=C(\C)c1cccc(-c2ccccc2)c1)c1cccc(-c2ccccc2)c1)c1cccc(-c2ccccc2)c1. The van der Waals surface area contributed by atoms with E-state index >= 15 is 0 Å². The molecule has 206 valence electrons. The average Bonchev–Trinajstić information content (AvgIpc) is 3.09. The van der Waals surface area contributed by atoms with Crippen LogP contribution in [0.5, 0.6) is 0 Å². The van der Waals surface area contributed by atoms with Crippen LogP contribution >= 0.6 is 0 Å². The van der Waals surface area contributed by atoms with Crippen molar-refractivity contribution in [2.24, 2.45) is 4.99 Å². The van der Waals surface area contributed by atoms with Crippen molar-refractivity contribution < 1.29 is 0 Å². The molecular formula is C42H33N. The minimum Gasteiger partial charge on any atom is -0.248 e. The number of allylic oxidation sites excluding steroid dienone is 2. The average molecular weight is 552 g/mol. The van der Waals surface area contributed by atoms with Gasteiger partial charge in [0, 0.05) is 11.1 Å². The lowest BCUT2D eigenvalue weighted by Crippen LogP contribution is -2.00. The summed E-state index contributed by atoms with van der Waals surface area (Å²) in [5.41, 5.74) is 13.0. The first-order valence-electron chi connectivity index (χ1n) is 14.6. The summed E-state index contributed by atoms with van der Waals surface area (Å²) in [4.78, 5) is 5.18. The number of aliphatic imine (C=N–C) groups is 1. The second kappa shape index (κ2) is 13.0. The topological polar surface area (TPSA) is 12.4 Å². The molecule has 0 amide bonds. The number of rotatable bonds is 8. The molecule has 0 unspecified atom stereocenters. The van der Waals surface area contributed by atoms with Crippen molar-refractivity contribution in [3.63, 3.8) is 0 Å². The Morgan fingerprint density at radius 1 is 0.442 bits per heavy atom. The van der Waals surface area contributed by atoms with Crippen LogP contribution in [-0.4, -0.2) is 5.71 Å². The van der Waals surface area contributed by atoms with Gasteiger partial charge in [-0.15, -0.1) is 0 Å². The number of hydrogen-bond donors (Lipinski definition) is 0. The van der Waals surface area contributed by atoms with E-state index in [1.165, 1.54) is 22.3 Å². The van der Waals surface area contributed by atoms with Crippen LogP contribution in [0.3, 0.4) is 0 Å². The Kier molecular flexibility index (Phi) is 8.34. The molecule has 0 radical (unpaired) electrons. The Labute approximate surface area is 254 Å². The molecule has 0 bridgehead atoms. The third-order valence-corrected chi connectivity index (χ3v) is 7.60. The van der Waals surface area contributed by atoms with Crippen LogP contribution in [0.4, 0.5) is 0 Å². The first-order chi connectivity index (χ1) is 21.1. The predicted molar refractivity (Wildman–Crippen MR) is 185 cm³/mol. The van der Waals surface area contributed by atoms with Gasteiger partial charge in [-0.3, -0.25) is 0 Å². The van der Waals surface area contributed by atoms with Crippen LogP contribution in [0.25, 0.3) is 44.7 Å². The van der Waals surface area contributed by atoms with E-state index in [4.69, 9.17) is 4.99 Å². The van der Waals surface area contributed by atoms with Gasteiger partial charge in [-0.2, -0.15) is 0 Å². The Morgan fingerprint density at radius 2 is 0.814 bits per heavy atom. The summed E-state index contributed by atoms with van der Waals surface area (Å²) >= 11 is 0. The maximum atomic E-state index is 5.18. The van der Waals surface area contributed by atoms with Gasteiger partial charge >= 0.3 is 0 Å². The van der Waals surface area contributed by atoms with Crippen LogP contribution < -0.4 is 0 Å². The molecule has 0 aliphatic carbocycles. The highest BCUT2D eigenvalue weighted by Gasteiger charge is 2.09. The fourth-order valence-electron chi connectivity index (χ4n) is 5.25. The fourth-order valence-corrected chi connectivity index (χ4v) is 5.25. The van der Waals surface area contributed by atoms with Gasteiger partial charge in [0.2, 0.25) is 0 Å². The number of nitrogens with zero attached hydrogens (tertiary/aromatic N) is 1. The van der Waals surface area contributed by atoms with Crippen molar-refractivity contribution in [1.29, 1.82) is 0 Å². The molecule has 0 aromatic heterocycles. The van der Waals surface area contributed by atoms with E-state index in [2.05, 4.69) is 165 Å². The molecule has 0 fully saturated rings. The lowest BCUT2D eigenvalue weighted by atomic mass is 9.96. The van der Waals surface area contributed by atoms with Crippen LogP contribution in [0.2, 0.25) is 0 Å². The lowest BCUT2D eigenvalue weighted by molar-refractivity contribution is 1.49. The molecule has 0 spiro atoms. The lowest BCUT2D eigenvalue weighted by Gasteiger charge is -2.11. The molecule has 0 saturated carbocycles. The van der Waals surface area contributed by atoms with Gasteiger partial charge < -0.3 is 0 Å². The quantitative estimate of drug-likeness (QED) is 0.167. The smallest absolute Gasteiger partial charge is 0.0712 e. The highest BCUT2D eigenvalue weighted by Crippen LogP contribution is 2.28. The normalized spacial score (nSPS) is 11.7. The number of hydrogen-bond acceptors (Lipinski definition) is 1. The van der Waals surface area contributed by atoms with Gasteiger partial charge in [0.05, 0.1) is 11.4 Å². The van der Waals surface area contributed by atoms with Gasteiger partial charge in [0.15, 0.2) is 0 Å². The number of benzene rings is 6. The first kappa shape index (κ1) is 27.6. The molecule has 1 nitrogen and oxygen atoms in total. The van der Waals surface area contributed by atoms with Gasteiger partial charge in [-0.1, -0.05) is 152 Å². The molecule has 0 aliphatic rings. The minimum absolute atomic E-state index is 0.722. The third kappa shape index (κ3) is 6.69. The highest BCUT2D eigenvalue weighted by molar-refractivity contribution is 6.14. The van der Waals surface area contributed by atoms with Gasteiger partial charge in [0.1, 0.15) is 0 Å². The van der Waals surface area contributed by atoms with Gasteiger partial charge in [-0.05, 0) is 75.7 Å². The molecule has 0 atom stereocenters. The Morgan fingerprint density at radius 3 is 1.30 bits per heavy atom. The highest BCUT2D eigenvalue weighted by atomic mass is 14.8. The summed E-state index contributed by atoms with van der Waals surface area (Å²) in [5, 5.41) is 0. The maximum absolute atomic E-state index is 5.18. The molecule has 0 N–H and O–H groups in total. The summed E-state index contributed by atoms with van der Waals surface area (Å²) < 4.78 is 0. The van der Waals surface area contributed by atoms with Crippen LogP contribution in [0, 0.1) is 0 Å². The summed E-state index contributed by atoms with van der Waals surface area (Å²) in [6, 6.07) is 57.1. The Hall–Kier alpha value is -5.53. The van der Waals surface area contributed by atoms with E-state index in [0.717, 1.165) is 44.8 Å². The van der Waals surface area contributed by atoms with Crippen molar-refractivity contribution in [2.75, 3.05) is 0 Å². The molecule has 43 heavy (non-hydrogen) atoms. The predicted octanol–water partition coefficient (Wildman–Crippen LogP) is 11.3. The van der Waals surface area contributed by atoms with Gasteiger partial charge in [0.25, 0.3) is 0 Å². The monoisotopic (exact) mass is 551 g/mol. The van der Waals surface area contributed by atoms with E-state index in [1.54, 1.807) is 0 Å². The fraction of sp³-hybridized carbons (Fsp3) is 0.0238. The summed E-state index contributed by atoms with van der Waals surface area (Å²) in [6.07, 6.45) is 2.18. The molecule has 0 saturated heterocycles. The first-order valence-corrected chi connectivity index (χ1v) is 14.6. The third-order valence-electron chi connectivity index (χ3n) is 7.60. The summed E-state index contributed by atoms with van der Waals surface area (Å²) in [6.45, 7) is 6.57. The van der Waals surface area contributed by atoms with Crippen LogP contribution in [0.1, 0.15) is 23.6 Å². The molecular weight excluding hydrogens is 518 g/mol. The van der Waals surface area contributed by atoms with E-state index in [-0.39, 0.29) is 0 Å². The zero-order valence-electron chi connectivity index (χ0n) is 24.3. The van der Waals surface area contributed by atoms with E-state index in [1.807, 2.05) is 18.2 Å². The Bertz CT molecular complexity index is 1910. The van der Waals surface area contributed by atoms with Crippen molar-refractivity contribution in [1.82, 2.24) is 0 Å². The van der Waals surface area contributed by atoms with Crippen molar-refractivity contribution in [2.45, 2.75) is 6.92 Å². The second-order valence-electron chi connectivity index (χ2n) is 10.6. The van der Waals surface area contributed by atoms with Crippen molar-refractivity contribution in [3.05, 3.63) is 193 Å². The van der Waals surface area contributed by atoms with Crippen LogP contribution in [-0.2, 0) is 0 Å². The van der Waals surface area contributed by atoms with E-state index < -0.39 is 0 Å². The van der Waals surface area contributed by atoms with Crippen molar-refractivity contribution >= 4 is 17.0 Å². The molecule has 0 aliphatic heterocycles. The molecule has 0 heterocycles.